The maximum Gasteiger partial charge on any atom is 0.355 e. The molecule has 228 valence electrons. The summed E-state index contributed by atoms with van der Waals surface area (Å²) < 4.78 is 18.8. The number of benzene rings is 1. The smallest absolute Gasteiger partial charge is 0.355 e. The Morgan fingerprint density at radius 2 is 1.90 bits per heavy atom. The molecular formula is C32H44N2O7Si. The number of aromatic nitrogens is 1. The molecule has 1 amide bonds. The van der Waals surface area contributed by atoms with Crippen molar-refractivity contribution in [3.8, 4) is 0 Å². The van der Waals surface area contributed by atoms with E-state index in [1.165, 1.54) is 4.90 Å². The molecule has 0 spiro atoms. The van der Waals surface area contributed by atoms with Gasteiger partial charge in [-0.25, -0.2) is 9.59 Å². The van der Waals surface area contributed by atoms with Gasteiger partial charge in [-0.15, -0.1) is 0 Å². The molecule has 2 atom stereocenters. The number of hydrogen-bond donors (Lipinski definition) is 0. The van der Waals surface area contributed by atoms with E-state index in [0.717, 1.165) is 35.4 Å². The molecule has 10 heteroatoms. The fourth-order valence-corrected chi connectivity index (χ4v) is 6.04. The Hall–Kier alpha value is -3.40. The summed E-state index contributed by atoms with van der Waals surface area (Å²) in [6.07, 6.45) is 4.98. The SMILES string of the molecule is Cn1c2cc3c(cccc31)/C=C/CCC(C)(C)COC(=O)CCC(=O)N1C[C@@H](C[C@H]1C(=O)OCC[Si](C)(C)C)OC2=O. The van der Waals surface area contributed by atoms with Crippen LogP contribution in [0.5, 0.6) is 0 Å². The van der Waals surface area contributed by atoms with Gasteiger partial charge in [-0.3, -0.25) is 9.59 Å². The van der Waals surface area contributed by atoms with Crippen molar-refractivity contribution in [1.29, 1.82) is 0 Å². The Morgan fingerprint density at radius 3 is 2.64 bits per heavy atom. The molecule has 1 saturated heterocycles. The number of hydrogen-bond acceptors (Lipinski definition) is 7. The van der Waals surface area contributed by atoms with Gasteiger partial charge in [0.05, 0.1) is 26.2 Å². The largest absolute Gasteiger partial charge is 0.465 e. The maximum atomic E-state index is 13.4. The molecule has 0 unspecified atom stereocenters. The van der Waals surface area contributed by atoms with E-state index in [9.17, 15) is 19.2 Å². The van der Waals surface area contributed by atoms with Crippen molar-refractivity contribution in [2.24, 2.45) is 12.5 Å². The van der Waals surface area contributed by atoms with Crippen LogP contribution >= 0.6 is 0 Å². The van der Waals surface area contributed by atoms with Gasteiger partial charge in [0.25, 0.3) is 0 Å². The molecule has 2 aliphatic rings. The molecule has 1 fully saturated rings. The molecule has 0 N–H and O–H groups in total. The van der Waals surface area contributed by atoms with Crippen molar-refractivity contribution < 1.29 is 33.4 Å². The van der Waals surface area contributed by atoms with E-state index in [1.54, 1.807) is 0 Å². The molecule has 4 bridgehead atoms. The monoisotopic (exact) mass is 596 g/mol. The zero-order valence-electron chi connectivity index (χ0n) is 25.7. The number of esters is 3. The van der Waals surface area contributed by atoms with Crippen molar-refractivity contribution >= 4 is 48.9 Å². The number of allylic oxidation sites excluding steroid dienone is 1. The Labute approximate surface area is 249 Å². The molecule has 1 aromatic heterocycles. The van der Waals surface area contributed by atoms with E-state index in [1.807, 2.05) is 49.7 Å². The molecule has 1 aromatic carbocycles. The first kappa shape index (κ1) is 31.5. The topological polar surface area (TPSA) is 104 Å². The number of fused-ring (bicyclic) bond motifs is 3. The van der Waals surface area contributed by atoms with Crippen LogP contribution in [0.25, 0.3) is 17.0 Å². The van der Waals surface area contributed by atoms with Gasteiger partial charge < -0.3 is 23.7 Å². The lowest BCUT2D eigenvalue weighted by molar-refractivity contribution is -0.154. The lowest BCUT2D eigenvalue weighted by Gasteiger charge is -2.24. The van der Waals surface area contributed by atoms with E-state index in [0.29, 0.717) is 5.69 Å². The van der Waals surface area contributed by atoms with Crippen LogP contribution in [0, 0.1) is 5.41 Å². The molecule has 3 heterocycles. The minimum absolute atomic E-state index is 0.0539. The summed E-state index contributed by atoms with van der Waals surface area (Å²) >= 11 is 0. The maximum absolute atomic E-state index is 13.4. The predicted octanol–water partition coefficient (Wildman–Crippen LogP) is 5.34. The predicted molar refractivity (Wildman–Crippen MR) is 164 cm³/mol. The Kier molecular flexibility index (Phi) is 9.65. The number of aryl methyl sites for hydroxylation is 1. The van der Waals surface area contributed by atoms with Crippen LogP contribution in [0.3, 0.4) is 0 Å². The highest BCUT2D eigenvalue weighted by molar-refractivity contribution is 6.76. The van der Waals surface area contributed by atoms with E-state index in [2.05, 4.69) is 31.8 Å². The first-order valence-corrected chi connectivity index (χ1v) is 18.5. The van der Waals surface area contributed by atoms with Crippen molar-refractivity contribution in [3.63, 3.8) is 0 Å². The van der Waals surface area contributed by atoms with Crippen LogP contribution < -0.4 is 0 Å². The van der Waals surface area contributed by atoms with Gasteiger partial charge in [-0.1, -0.05) is 57.8 Å². The van der Waals surface area contributed by atoms with Gasteiger partial charge in [0, 0.05) is 38.9 Å². The number of nitrogens with zero attached hydrogens (tertiary/aromatic N) is 2. The molecule has 42 heavy (non-hydrogen) atoms. The molecular weight excluding hydrogens is 552 g/mol. The Balaban J connectivity index is 1.61. The molecule has 9 nitrogen and oxygen atoms in total. The summed E-state index contributed by atoms with van der Waals surface area (Å²) in [5.41, 5.74) is 2.03. The minimum Gasteiger partial charge on any atom is -0.465 e. The fourth-order valence-electron chi connectivity index (χ4n) is 5.33. The lowest BCUT2D eigenvalue weighted by Crippen LogP contribution is -2.42. The number of cyclic esters (lactones) is 1. The lowest BCUT2D eigenvalue weighted by atomic mass is 9.88. The van der Waals surface area contributed by atoms with Gasteiger partial charge in [0.2, 0.25) is 5.91 Å². The fraction of sp³-hybridized carbons (Fsp3) is 0.562. The normalized spacial score (nSPS) is 23.0. The number of rotatable bonds is 4. The average molecular weight is 597 g/mol. The third kappa shape index (κ3) is 7.90. The third-order valence-corrected chi connectivity index (χ3v) is 9.71. The summed E-state index contributed by atoms with van der Waals surface area (Å²) in [6, 6.07) is 7.67. The van der Waals surface area contributed by atoms with Crippen LogP contribution in [0.15, 0.2) is 30.3 Å². The second-order valence-corrected chi connectivity index (χ2v) is 19.1. The average Bonchev–Trinajstić information content (AvgIpc) is 3.49. The van der Waals surface area contributed by atoms with Crippen molar-refractivity contribution in [2.75, 3.05) is 19.8 Å². The van der Waals surface area contributed by atoms with E-state index < -0.39 is 38.1 Å². The van der Waals surface area contributed by atoms with Crippen LogP contribution in [-0.4, -0.2) is 73.3 Å². The first-order valence-electron chi connectivity index (χ1n) is 14.8. The summed E-state index contributed by atoms with van der Waals surface area (Å²) in [7, 11) is 0.391. The van der Waals surface area contributed by atoms with Crippen molar-refractivity contribution in [1.82, 2.24) is 9.47 Å². The molecule has 0 saturated carbocycles. The summed E-state index contributed by atoms with van der Waals surface area (Å²) in [4.78, 5) is 53.7. The van der Waals surface area contributed by atoms with Crippen LogP contribution in [0.1, 0.15) is 62.0 Å². The van der Waals surface area contributed by atoms with Gasteiger partial charge in [0.1, 0.15) is 17.8 Å². The minimum atomic E-state index is -1.43. The van der Waals surface area contributed by atoms with E-state index >= 15 is 0 Å². The molecule has 0 radical (unpaired) electrons. The number of ether oxygens (including phenoxy) is 3. The number of carbonyl (C=O) groups excluding carboxylic acids is 4. The van der Waals surface area contributed by atoms with Crippen LogP contribution in [0.4, 0.5) is 0 Å². The molecule has 2 aromatic rings. The quantitative estimate of drug-likeness (QED) is 0.267. The number of carbonyl (C=O) groups is 4. The zero-order valence-corrected chi connectivity index (χ0v) is 26.7. The zero-order chi connectivity index (χ0) is 30.7. The summed E-state index contributed by atoms with van der Waals surface area (Å²) in [5, 5.41) is 0.929. The third-order valence-electron chi connectivity index (χ3n) is 8.01. The van der Waals surface area contributed by atoms with E-state index in [-0.39, 0.29) is 50.3 Å². The van der Waals surface area contributed by atoms with Crippen molar-refractivity contribution in [2.45, 2.75) is 83.8 Å². The summed E-state index contributed by atoms with van der Waals surface area (Å²) in [6.45, 7) is 11.3. The summed E-state index contributed by atoms with van der Waals surface area (Å²) in [5.74, 6) is -1.86. The van der Waals surface area contributed by atoms with E-state index in [4.69, 9.17) is 14.2 Å². The second-order valence-electron chi connectivity index (χ2n) is 13.4. The van der Waals surface area contributed by atoms with Gasteiger partial charge in [-0.2, -0.15) is 0 Å². The molecule has 0 aliphatic carbocycles. The highest BCUT2D eigenvalue weighted by atomic mass is 28.3. The standard InChI is InChI=1S/C32H44N2O7Si/c1-32(2)15-8-7-10-22-11-9-12-25-24(22)19-26(33(25)3)31(38)41-23-18-27(30(37)39-16-17-42(4,5)6)34(20-23)28(35)13-14-29(36)40-21-32/h7,9-12,19,23,27H,8,13-18,20-21H2,1-6H3/b10-7+/t23-,27+/m1/s1. The van der Waals surface area contributed by atoms with Gasteiger partial charge in [-0.05, 0) is 42.0 Å². The first-order chi connectivity index (χ1) is 19.7. The Bertz CT molecular complexity index is 1370. The van der Waals surface area contributed by atoms with Gasteiger partial charge in [0.15, 0.2) is 0 Å². The number of amides is 1. The highest BCUT2D eigenvalue weighted by Crippen LogP contribution is 2.29. The Morgan fingerprint density at radius 1 is 1.14 bits per heavy atom. The second kappa shape index (κ2) is 12.9. The van der Waals surface area contributed by atoms with Crippen LogP contribution in [0.2, 0.25) is 25.7 Å². The molecule has 4 rings (SSSR count). The van der Waals surface area contributed by atoms with Crippen LogP contribution in [-0.2, 0) is 35.6 Å². The van der Waals surface area contributed by atoms with Gasteiger partial charge >= 0.3 is 17.9 Å². The molecule has 2 aliphatic heterocycles. The van der Waals surface area contributed by atoms with Crippen molar-refractivity contribution in [3.05, 3.63) is 41.6 Å². The highest BCUT2D eigenvalue weighted by Gasteiger charge is 2.42.